The Morgan fingerprint density at radius 2 is 2.00 bits per heavy atom. The minimum atomic E-state index is 0.465. The molecule has 2 rings (SSSR count). The van der Waals surface area contributed by atoms with Crippen LogP contribution in [0.3, 0.4) is 0 Å². The van der Waals surface area contributed by atoms with E-state index in [-0.39, 0.29) is 0 Å². The lowest BCUT2D eigenvalue weighted by Gasteiger charge is -2.24. The molecule has 1 aliphatic rings. The molecule has 1 saturated heterocycles. The third-order valence-electron chi connectivity index (χ3n) is 2.99. The number of aromatic nitrogens is 2. The van der Waals surface area contributed by atoms with Crippen molar-refractivity contribution in [2.45, 2.75) is 32.7 Å². The zero-order valence-electron chi connectivity index (χ0n) is 10.5. The number of hydrogen-bond acceptors (Lipinski definition) is 5. The van der Waals surface area contributed by atoms with Gasteiger partial charge in [0.25, 0.3) is 0 Å². The van der Waals surface area contributed by atoms with Gasteiger partial charge in [0, 0.05) is 31.4 Å². The van der Waals surface area contributed by atoms with Gasteiger partial charge in [0.15, 0.2) is 0 Å². The molecule has 0 amide bonds. The molecule has 0 unspecified atom stereocenters. The van der Waals surface area contributed by atoms with Gasteiger partial charge >= 0.3 is 0 Å². The van der Waals surface area contributed by atoms with Crippen LogP contribution in [0.25, 0.3) is 0 Å². The molecule has 0 atom stereocenters. The SMILES string of the molecule is CCNc1ncnc(NC2CCOCC2)c1C. The Morgan fingerprint density at radius 1 is 1.29 bits per heavy atom. The van der Waals surface area contributed by atoms with E-state index in [1.807, 2.05) is 6.92 Å². The van der Waals surface area contributed by atoms with Gasteiger partial charge in [-0.05, 0) is 26.7 Å². The van der Waals surface area contributed by atoms with Crippen molar-refractivity contribution in [2.24, 2.45) is 0 Å². The minimum absolute atomic E-state index is 0.465. The van der Waals surface area contributed by atoms with Crippen LogP contribution >= 0.6 is 0 Å². The molecule has 0 spiro atoms. The highest BCUT2D eigenvalue weighted by molar-refractivity contribution is 5.56. The summed E-state index contributed by atoms with van der Waals surface area (Å²) in [5.41, 5.74) is 1.08. The van der Waals surface area contributed by atoms with E-state index in [1.54, 1.807) is 6.33 Å². The molecular weight excluding hydrogens is 216 g/mol. The zero-order chi connectivity index (χ0) is 12.1. The van der Waals surface area contributed by atoms with E-state index >= 15 is 0 Å². The van der Waals surface area contributed by atoms with Crippen LogP contribution in [0.2, 0.25) is 0 Å². The van der Waals surface area contributed by atoms with Crippen LogP contribution in [0.5, 0.6) is 0 Å². The first kappa shape index (κ1) is 12.1. The van der Waals surface area contributed by atoms with Crippen LogP contribution in [0, 0.1) is 6.92 Å². The van der Waals surface area contributed by atoms with E-state index in [1.165, 1.54) is 0 Å². The van der Waals surface area contributed by atoms with Gasteiger partial charge in [-0.15, -0.1) is 0 Å². The van der Waals surface area contributed by atoms with E-state index in [2.05, 4.69) is 27.5 Å². The highest BCUT2D eigenvalue weighted by atomic mass is 16.5. The second-order valence-electron chi connectivity index (χ2n) is 4.26. The lowest BCUT2D eigenvalue weighted by atomic mass is 10.1. The van der Waals surface area contributed by atoms with Gasteiger partial charge in [-0.1, -0.05) is 0 Å². The lowest BCUT2D eigenvalue weighted by molar-refractivity contribution is 0.0904. The Bertz CT molecular complexity index is 364. The molecule has 17 heavy (non-hydrogen) atoms. The molecule has 1 aliphatic heterocycles. The Labute approximate surface area is 102 Å². The normalized spacial score (nSPS) is 16.8. The highest BCUT2D eigenvalue weighted by Gasteiger charge is 2.15. The number of nitrogens with zero attached hydrogens (tertiary/aromatic N) is 2. The van der Waals surface area contributed by atoms with Gasteiger partial charge in [0.1, 0.15) is 18.0 Å². The number of hydrogen-bond donors (Lipinski definition) is 2. The van der Waals surface area contributed by atoms with Crippen LogP contribution < -0.4 is 10.6 Å². The fraction of sp³-hybridized carbons (Fsp3) is 0.667. The number of rotatable bonds is 4. The molecule has 94 valence electrons. The maximum atomic E-state index is 5.34. The van der Waals surface area contributed by atoms with Crippen molar-refractivity contribution < 1.29 is 4.74 Å². The van der Waals surface area contributed by atoms with E-state index < -0.39 is 0 Å². The van der Waals surface area contributed by atoms with Gasteiger partial charge in [0.2, 0.25) is 0 Å². The third-order valence-corrected chi connectivity index (χ3v) is 2.99. The summed E-state index contributed by atoms with van der Waals surface area (Å²) in [5, 5.41) is 6.71. The van der Waals surface area contributed by atoms with E-state index in [9.17, 15) is 0 Å². The monoisotopic (exact) mass is 236 g/mol. The third kappa shape index (κ3) is 3.06. The molecule has 0 aromatic carbocycles. The molecule has 2 heterocycles. The number of ether oxygens (including phenoxy) is 1. The summed E-state index contributed by atoms with van der Waals surface area (Å²) in [5.74, 6) is 1.85. The Morgan fingerprint density at radius 3 is 2.71 bits per heavy atom. The quantitative estimate of drug-likeness (QED) is 0.835. The molecule has 5 heteroatoms. The summed E-state index contributed by atoms with van der Waals surface area (Å²) >= 11 is 0. The topological polar surface area (TPSA) is 59.1 Å². The summed E-state index contributed by atoms with van der Waals surface area (Å²) in [6.07, 6.45) is 3.69. The maximum absolute atomic E-state index is 5.34. The standard InChI is InChI=1S/C12H20N4O/c1-3-13-11-9(2)12(15-8-14-11)16-10-4-6-17-7-5-10/h8,10H,3-7H2,1-2H3,(H2,13,14,15,16). The van der Waals surface area contributed by atoms with Crippen molar-refractivity contribution in [1.82, 2.24) is 9.97 Å². The molecule has 1 fully saturated rings. The summed E-state index contributed by atoms with van der Waals surface area (Å²) in [7, 11) is 0. The molecule has 1 aromatic heterocycles. The van der Waals surface area contributed by atoms with Crippen molar-refractivity contribution in [2.75, 3.05) is 30.4 Å². The summed E-state index contributed by atoms with van der Waals surface area (Å²) in [4.78, 5) is 8.55. The van der Waals surface area contributed by atoms with Crippen LogP contribution in [0.4, 0.5) is 11.6 Å². The average Bonchev–Trinajstić information content (AvgIpc) is 2.36. The van der Waals surface area contributed by atoms with Crippen molar-refractivity contribution in [3.63, 3.8) is 0 Å². The van der Waals surface area contributed by atoms with Gasteiger partial charge in [0.05, 0.1) is 0 Å². The van der Waals surface area contributed by atoms with Gasteiger partial charge in [-0.2, -0.15) is 0 Å². The van der Waals surface area contributed by atoms with Crippen molar-refractivity contribution in [3.8, 4) is 0 Å². The van der Waals surface area contributed by atoms with Crippen molar-refractivity contribution in [3.05, 3.63) is 11.9 Å². The van der Waals surface area contributed by atoms with E-state index in [4.69, 9.17) is 4.74 Å². The Balaban J connectivity index is 2.06. The van der Waals surface area contributed by atoms with Crippen LogP contribution in [0.1, 0.15) is 25.3 Å². The maximum Gasteiger partial charge on any atom is 0.134 e. The summed E-state index contributed by atoms with van der Waals surface area (Å²) < 4.78 is 5.34. The van der Waals surface area contributed by atoms with Gasteiger partial charge < -0.3 is 15.4 Å². The first-order chi connectivity index (χ1) is 8.31. The highest BCUT2D eigenvalue weighted by Crippen LogP contribution is 2.20. The van der Waals surface area contributed by atoms with Gasteiger partial charge in [-0.3, -0.25) is 0 Å². The zero-order valence-corrected chi connectivity index (χ0v) is 10.5. The predicted molar refractivity (Wildman–Crippen MR) is 68.4 cm³/mol. The fourth-order valence-electron chi connectivity index (χ4n) is 1.98. The average molecular weight is 236 g/mol. The van der Waals surface area contributed by atoms with E-state index in [0.29, 0.717) is 6.04 Å². The van der Waals surface area contributed by atoms with Crippen LogP contribution in [0.15, 0.2) is 6.33 Å². The van der Waals surface area contributed by atoms with E-state index in [0.717, 1.165) is 49.8 Å². The van der Waals surface area contributed by atoms with Crippen molar-refractivity contribution >= 4 is 11.6 Å². The molecule has 0 saturated carbocycles. The number of nitrogens with one attached hydrogen (secondary N) is 2. The van der Waals surface area contributed by atoms with Crippen molar-refractivity contribution in [1.29, 1.82) is 0 Å². The molecule has 2 N–H and O–H groups in total. The smallest absolute Gasteiger partial charge is 0.134 e. The largest absolute Gasteiger partial charge is 0.381 e. The molecule has 0 radical (unpaired) electrons. The number of anilines is 2. The minimum Gasteiger partial charge on any atom is -0.381 e. The Hall–Kier alpha value is -1.36. The second-order valence-corrected chi connectivity index (χ2v) is 4.26. The molecular formula is C12H20N4O. The van der Waals surface area contributed by atoms with Crippen LogP contribution in [-0.2, 0) is 4.74 Å². The predicted octanol–water partition coefficient (Wildman–Crippen LogP) is 1.81. The molecule has 5 nitrogen and oxygen atoms in total. The van der Waals surface area contributed by atoms with Gasteiger partial charge in [-0.25, -0.2) is 9.97 Å². The second kappa shape index (κ2) is 5.82. The summed E-state index contributed by atoms with van der Waals surface area (Å²) in [6.45, 7) is 6.64. The molecule has 1 aromatic rings. The summed E-state index contributed by atoms with van der Waals surface area (Å²) in [6, 6.07) is 0.465. The molecule has 0 aliphatic carbocycles. The first-order valence-corrected chi connectivity index (χ1v) is 6.21. The lowest BCUT2D eigenvalue weighted by Crippen LogP contribution is -2.28. The first-order valence-electron chi connectivity index (χ1n) is 6.21. The Kier molecular flexibility index (Phi) is 4.14. The van der Waals surface area contributed by atoms with Crippen LogP contribution in [-0.4, -0.2) is 35.8 Å². The fourth-order valence-corrected chi connectivity index (χ4v) is 1.98. The molecule has 0 bridgehead atoms.